The number of carbonyl (C=O) groups is 2. The van der Waals surface area contributed by atoms with E-state index in [2.05, 4.69) is 0 Å². The number of benzene rings is 2. The Bertz CT molecular complexity index is 968. The van der Waals surface area contributed by atoms with E-state index in [-0.39, 0.29) is 17.6 Å². The zero-order chi connectivity index (χ0) is 20.4. The lowest BCUT2D eigenvalue weighted by atomic mass is 10.0. The lowest BCUT2D eigenvalue weighted by Crippen LogP contribution is -2.36. The fourth-order valence-corrected chi connectivity index (χ4v) is 3.93. The maximum Gasteiger partial charge on any atom is 0.278 e. The Morgan fingerprint density at radius 1 is 1.03 bits per heavy atom. The molecule has 2 heterocycles. The zero-order valence-electron chi connectivity index (χ0n) is 16.4. The molecule has 0 unspecified atom stereocenters. The Labute approximate surface area is 169 Å². The minimum atomic E-state index is -0.382. The molecule has 0 spiro atoms. The first kappa shape index (κ1) is 19.3. The van der Waals surface area contributed by atoms with Gasteiger partial charge in [-0.3, -0.25) is 14.5 Å². The highest BCUT2D eigenvalue weighted by Crippen LogP contribution is 2.38. The summed E-state index contributed by atoms with van der Waals surface area (Å²) in [5.74, 6) is -1.02. The van der Waals surface area contributed by atoms with Gasteiger partial charge in [0.2, 0.25) is 0 Å². The van der Waals surface area contributed by atoms with Crippen LogP contribution in [-0.4, -0.2) is 43.0 Å². The second-order valence-electron chi connectivity index (χ2n) is 7.07. The summed E-state index contributed by atoms with van der Waals surface area (Å²) >= 11 is 0. The van der Waals surface area contributed by atoms with Gasteiger partial charge in [-0.1, -0.05) is 30.3 Å². The molecule has 0 saturated carbocycles. The molecule has 0 bridgehead atoms. The van der Waals surface area contributed by atoms with E-state index in [0.717, 1.165) is 17.7 Å². The maximum atomic E-state index is 13.5. The third kappa shape index (κ3) is 3.56. The van der Waals surface area contributed by atoms with Gasteiger partial charge in [-0.2, -0.15) is 0 Å². The Morgan fingerprint density at radius 3 is 2.55 bits per heavy atom. The zero-order valence-corrected chi connectivity index (χ0v) is 16.4. The van der Waals surface area contributed by atoms with Crippen molar-refractivity contribution >= 4 is 23.1 Å². The van der Waals surface area contributed by atoms with Crippen molar-refractivity contribution in [2.75, 3.05) is 31.2 Å². The van der Waals surface area contributed by atoms with E-state index in [9.17, 15) is 14.0 Å². The SMILES string of the molecule is CCOCCCN1C(=O)C(c2ccc(F)cc2)=C(N2CCc3ccccc32)C1=O. The molecule has 29 heavy (non-hydrogen) atoms. The number of fused-ring (bicyclic) bond motifs is 1. The van der Waals surface area contributed by atoms with Gasteiger partial charge in [-0.25, -0.2) is 4.39 Å². The average molecular weight is 394 g/mol. The largest absolute Gasteiger partial charge is 0.382 e. The number of rotatable bonds is 7. The van der Waals surface area contributed by atoms with Crippen LogP contribution in [-0.2, 0) is 20.7 Å². The van der Waals surface area contributed by atoms with Gasteiger partial charge in [0.05, 0.1) is 5.57 Å². The minimum absolute atomic E-state index is 0.293. The van der Waals surface area contributed by atoms with Crippen LogP contribution >= 0.6 is 0 Å². The summed E-state index contributed by atoms with van der Waals surface area (Å²) in [6.07, 6.45) is 1.38. The molecule has 2 aliphatic rings. The van der Waals surface area contributed by atoms with Crippen molar-refractivity contribution in [2.45, 2.75) is 19.8 Å². The molecule has 0 radical (unpaired) electrons. The van der Waals surface area contributed by atoms with Gasteiger partial charge in [-0.05, 0) is 49.1 Å². The average Bonchev–Trinajstić information content (AvgIpc) is 3.25. The lowest BCUT2D eigenvalue weighted by molar-refractivity contribution is -0.137. The number of para-hydroxylation sites is 1. The van der Waals surface area contributed by atoms with Crippen LogP contribution in [0.15, 0.2) is 54.2 Å². The Hall–Kier alpha value is -2.99. The first-order chi connectivity index (χ1) is 14.1. The van der Waals surface area contributed by atoms with E-state index >= 15 is 0 Å². The third-order valence-electron chi connectivity index (χ3n) is 5.31. The molecule has 0 atom stereocenters. The predicted molar refractivity (Wildman–Crippen MR) is 109 cm³/mol. The van der Waals surface area contributed by atoms with Gasteiger partial charge in [0.1, 0.15) is 11.5 Å². The molecule has 5 nitrogen and oxygen atoms in total. The second-order valence-corrected chi connectivity index (χ2v) is 7.07. The number of nitrogens with zero attached hydrogens (tertiary/aromatic N) is 2. The van der Waals surface area contributed by atoms with Crippen molar-refractivity contribution < 1.29 is 18.7 Å². The smallest absolute Gasteiger partial charge is 0.278 e. The normalized spacial score (nSPS) is 16.2. The molecule has 0 N–H and O–H groups in total. The van der Waals surface area contributed by atoms with Crippen molar-refractivity contribution in [2.24, 2.45) is 0 Å². The van der Waals surface area contributed by atoms with Crippen LogP contribution in [0.4, 0.5) is 10.1 Å². The van der Waals surface area contributed by atoms with E-state index in [1.807, 2.05) is 36.1 Å². The molecule has 2 aromatic carbocycles. The standard InChI is InChI=1S/C23H23FN2O3/c1-2-29-15-5-13-26-22(27)20(17-8-10-18(24)11-9-17)21(23(26)28)25-14-12-16-6-3-4-7-19(16)25/h3-4,6-11H,2,5,12-15H2,1H3. The number of ether oxygens (including phenoxy) is 1. The quantitative estimate of drug-likeness (QED) is 0.534. The molecule has 6 heteroatoms. The molecular weight excluding hydrogens is 371 g/mol. The molecule has 0 fully saturated rings. The fraction of sp³-hybridized carbons (Fsp3) is 0.304. The highest BCUT2D eigenvalue weighted by atomic mass is 19.1. The van der Waals surface area contributed by atoms with Crippen LogP contribution in [0.1, 0.15) is 24.5 Å². The van der Waals surface area contributed by atoms with Crippen LogP contribution in [0.2, 0.25) is 0 Å². The molecular formula is C23H23FN2O3. The summed E-state index contributed by atoms with van der Waals surface area (Å²) in [5, 5.41) is 0. The van der Waals surface area contributed by atoms with E-state index in [1.54, 1.807) is 12.1 Å². The summed E-state index contributed by atoms with van der Waals surface area (Å²) in [6.45, 7) is 3.91. The van der Waals surface area contributed by atoms with E-state index < -0.39 is 0 Å². The molecule has 4 rings (SSSR count). The van der Waals surface area contributed by atoms with Gasteiger partial charge >= 0.3 is 0 Å². The molecule has 0 aromatic heterocycles. The van der Waals surface area contributed by atoms with E-state index in [4.69, 9.17) is 4.74 Å². The Balaban J connectivity index is 1.73. The van der Waals surface area contributed by atoms with Gasteiger partial charge in [-0.15, -0.1) is 0 Å². The number of anilines is 1. The molecule has 2 aromatic rings. The summed E-state index contributed by atoms with van der Waals surface area (Å²) < 4.78 is 18.8. The number of imide groups is 1. The molecule has 2 aliphatic heterocycles. The summed E-state index contributed by atoms with van der Waals surface area (Å²) in [5.41, 5.74) is 3.36. The van der Waals surface area contributed by atoms with Crippen molar-refractivity contribution in [1.29, 1.82) is 0 Å². The van der Waals surface area contributed by atoms with Crippen molar-refractivity contribution in [3.8, 4) is 0 Å². The maximum absolute atomic E-state index is 13.5. The van der Waals surface area contributed by atoms with E-state index in [0.29, 0.717) is 49.6 Å². The van der Waals surface area contributed by atoms with Crippen molar-refractivity contribution in [3.63, 3.8) is 0 Å². The van der Waals surface area contributed by atoms with Gasteiger partial charge in [0.15, 0.2) is 0 Å². The number of amides is 2. The number of carbonyl (C=O) groups excluding carboxylic acids is 2. The predicted octanol–water partition coefficient (Wildman–Crippen LogP) is 3.39. The van der Waals surface area contributed by atoms with Crippen LogP contribution in [0.25, 0.3) is 5.57 Å². The van der Waals surface area contributed by atoms with Crippen LogP contribution in [0, 0.1) is 5.82 Å². The Kier molecular flexibility index (Phi) is 5.45. The molecule has 0 aliphatic carbocycles. The second kappa shape index (κ2) is 8.17. The molecule has 2 amide bonds. The van der Waals surface area contributed by atoms with Gasteiger partial charge in [0.25, 0.3) is 11.8 Å². The Morgan fingerprint density at radius 2 is 1.79 bits per heavy atom. The highest BCUT2D eigenvalue weighted by molar-refractivity contribution is 6.36. The van der Waals surface area contributed by atoms with E-state index in [1.165, 1.54) is 17.0 Å². The molecule has 150 valence electrons. The lowest BCUT2D eigenvalue weighted by Gasteiger charge is -2.21. The molecule has 0 saturated heterocycles. The fourth-order valence-electron chi connectivity index (χ4n) is 3.93. The van der Waals surface area contributed by atoms with Gasteiger partial charge < -0.3 is 9.64 Å². The van der Waals surface area contributed by atoms with Crippen LogP contribution < -0.4 is 4.90 Å². The number of halogens is 1. The summed E-state index contributed by atoms with van der Waals surface area (Å²) in [7, 11) is 0. The highest BCUT2D eigenvalue weighted by Gasteiger charge is 2.42. The van der Waals surface area contributed by atoms with Crippen molar-refractivity contribution in [1.82, 2.24) is 4.90 Å². The minimum Gasteiger partial charge on any atom is -0.382 e. The number of hydrogen-bond donors (Lipinski definition) is 0. The third-order valence-corrected chi connectivity index (χ3v) is 5.31. The van der Waals surface area contributed by atoms with Crippen LogP contribution in [0.5, 0.6) is 0 Å². The van der Waals surface area contributed by atoms with Crippen molar-refractivity contribution in [3.05, 3.63) is 71.2 Å². The number of hydrogen-bond acceptors (Lipinski definition) is 4. The summed E-state index contributed by atoms with van der Waals surface area (Å²) in [4.78, 5) is 29.8. The topological polar surface area (TPSA) is 49.9 Å². The summed E-state index contributed by atoms with van der Waals surface area (Å²) in [6, 6.07) is 13.6. The first-order valence-corrected chi connectivity index (χ1v) is 9.91. The first-order valence-electron chi connectivity index (χ1n) is 9.91. The van der Waals surface area contributed by atoms with Gasteiger partial charge in [0, 0.05) is 32.0 Å². The van der Waals surface area contributed by atoms with Crippen LogP contribution in [0.3, 0.4) is 0 Å². The monoisotopic (exact) mass is 394 g/mol.